The van der Waals surface area contributed by atoms with Crippen LogP contribution in [0.1, 0.15) is 26.3 Å². The smallest absolute Gasteiger partial charge is 0.251 e. The minimum atomic E-state index is -0.882. The minimum Gasteiger partial charge on any atom is -0.396 e. The number of nitrogens with two attached hydrogens (primary N) is 1. The Kier molecular flexibility index (Phi) is 6.22. The molecule has 1 aliphatic heterocycles. The number of nitrogens with one attached hydrogen (secondary N) is 1. The van der Waals surface area contributed by atoms with Crippen LogP contribution >= 0.6 is 0 Å². The van der Waals surface area contributed by atoms with E-state index in [9.17, 15) is 9.59 Å². The van der Waals surface area contributed by atoms with Gasteiger partial charge >= 0.3 is 0 Å². The van der Waals surface area contributed by atoms with Crippen LogP contribution in [-0.2, 0) is 21.5 Å². The first kappa shape index (κ1) is 20.9. The summed E-state index contributed by atoms with van der Waals surface area (Å²) < 4.78 is 1.54. The molecule has 0 unspecified atom stereocenters. The average molecular weight is 399 g/mol. The van der Waals surface area contributed by atoms with E-state index in [0.29, 0.717) is 17.8 Å². The Morgan fingerprint density at radius 1 is 1.14 bits per heavy atom. The summed E-state index contributed by atoms with van der Waals surface area (Å²) in [5.74, 6) is -0.0480. The second-order valence-electron chi connectivity index (χ2n) is 7.92. The molecule has 0 radical (unpaired) electrons. The van der Waals surface area contributed by atoms with Crippen molar-refractivity contribution < 1.29 is 9.59 Å². The molecule has 8 heteroatoms. The highest BCUT2D eigenvalue weighted by atomic mass is 16.2. The van der Waals surface area contributed by atoms with Crippen LogP contribution in [-0.4, -0.2) is 64.1 Å². The van der Waals surface area contributed by atoms with Gasteiger partial charge in [0.25, 0.3) is 5.91 Å². The van der Waals surface area contributed by atoms with Gasteiger partial charge in [0.2, 0.25) is 5.91 Å². The molecule has 0 spiro atoms. The summed E-state index contributed by atoms with van der Waals surface area (Å²) in [7, 11) is 0. The number of rotatable bonds is 6. The lowest BCUT2D eigenvalue weighted by molar-refractivity contribution is -0.132. The number of benzene rings is 1. The molecule has 2 aromatic rings. The molecule has 2 heterocycles. The number of hydrogen-bond acceptors (Lipinski definition) is 5. The van der Waals surface area contributed by atoms with E-state index in [-0.39, 0.29) is 11.8 Å². The Labute approximate surface area is 171 Å². The third kappa shape index (κ3) is 4.95. The molecule has 0 bridgehead atoms. The predicted molar refractivity (Wildman–Crippen MR) is 113 cm³/mol. The number of carbonyl (C=O) groups excluding carboxylic acids is 2. The van der Waals surface area contributed by atoms with E-state index >= 15 is 0 Å². The number of nitrogen functional groups attached to an aromatic ring is 1. The molecule has 1 aromatic carbocycles. The van der Waals surface area contributed by atoms with Gasteiger partial charge in [-0.2, -0.15) is 5.10 Å². The number of likely N-dealkylation sites (N-methyl/N-ethyl adjacent to an activating group) is 1. The van der Waals surface area contributed by atoms with E-state index in [1.807, 2.05) is 29.2 Å². The molecule has 0 aliphatic carbocycles. The summed E-state index contributed by atoms with van der Waals surface area (Å²) in [6.07, 6.45) is 3.52. The zero-order valence-corrected chi connectivity index (χ0v) is 17.4. The molecule has 0 atom stereocenters. The van der Waals surface area contributed by atoms with Crippen molar-refractivity contribution in [1.29, 1.82) is 0 Å². The fraction of sp³-hybridized carbons (Fsp3) is 0.476. The minimum absolute atomic E-state index is 0.148. The van der Waals surface area contributed by atoms with Crippen LogP contribution in [0.2, 0.25) is 0 Å². The zero-order chi connectivity index (χ0) is 21.0. The Balaban J connectivity index is 1.56. The van der Waals surface area contributed by atoms with E-state index in [4.69, 9.17) is 5.73 Å². The molecular weight excluding hydrogens is 368 g/mol. The summed E-state index contributed by atoms with van der Waals surface area (Å²) in [6.45, 7) is 10.2. The van der Waals surface area contributed by atoms with Crippen LogP contribution in [0.3, 0.4) is 0 Å². The van der Waals surface area contributed by atoms with Gasteiger partial charge in [-0.05, 0) is 38.1 Å². The molecule has 2 amide bonds. The molecule has 1 aliphatic rings. The number of piperazine rings is 1. The van der Waals surface area contributed by atoms with Gasteiger partial charge in [0, 0.05) is 38.1 Å². The number of aromatic nitrogens is 2. The Morgan fingerprint density at radius 3 is 2.34 bits per heavy atom. The van der Waals surface area contributed by atoms with Crippen LogP contribution in [0, 0.1) is 0 Å². The summed E-state index contributed by atoms with van der Waals surface area (Å²) in [5, 5.41) is 7.04. The van der Waals surface area contributed by atoms with Crippen molar-refractivity contribution in [3.63, 3.8) is 0 Å². The monoisotopic (exact) mass is 398 g/mol. The quantitative estimate of drug-likeness (QED) is 0.770. The van der Waals surface area contributed by atoms with Crippen molar-refractivity contribution >= 4 is 23.2 Å². The number of nitrogens with zero attached hydrogens (tertiary/aromatic N) is 4. The van der Waals surface area contributed by atoms with Crippen LogP contribution < -0.4 is 11.1 Å². The Hall–Kier alpha value is -2.87. The fourth-order valence-electron chi connectivity index (χ4n) is 3.34. The van der Waals surface area contributed by atoms with E-state index in [1.165, 1.54) is 6.20 Å². The highest BCUT2D eigenvalue weighted by Gasteiger charge is 2.30. The van der Waals surface area contributed by atoms with Crippen molar-refractivity contribution in [2.75, 3.05) is 43.8 Å². The highest BCUT2D eigenvalue weighted by molar-refractivity contribution is 5.96. The first-order chi connectivity index (χ1) is 13.8. The molecule has 3 rings (SSSR count). The standard InChI is InChI=1S/C21H30N6O2/c1-4-25-9-11-26(12-10-25)19(28)13-16-5-7-18(8-6-16)24-20(29)21(2,3)27-15-17(22)14-23-27/h5-8,14-15H,4,9-13,22H2,1-3H3,(H,24,29). The summed E-state index contributed by atoms with van der Waals surface area (Å²) in [6, 6.07) is 7.41. The predicted octanol–water partition coefficient (Wildman–Crippen LogP) is 1.55. The molecule has 1 saturated heterocycles. The lowest BCUT2D eigenvalue weighted by atomic mass is 10.0. The van der Waals surface area contributed by atoms with Crippen LogP contribution in [0.5, 0.6) is 0 Å². The molecular formula is C21H30N6O2. The maximum absolute atomic E-state index is 12.7. The molecule has 3 N–H and O–H groups in total. The SMILES string of the molecule is CCN1CCN(C(=O)Cc2ccc(NC(=O)C(C)(C)n3cc(N)cn3)cc2)CC1. The normalized spacial score (nSPS) is 15.3. The first-order valence-electron chi connectivity index (χ1n) is 10.0. The van der Waals surface area contributed by atoms with E-state index < -0.39 is 5.54 Å². The Bertz CT molecular complexity index is 850. The van der Waals surface area contributed by atoms with Gasteiger partial charge in [0.1, 0.15) is 5.54 Å². The number of amides is 2. The van der Waals surface area contributed by atoms with Crippen LogP contribution in [0.25, 0.3) is 0 Å². The lowest BCUT2D eigenvalue weighted by Crippen LogP contribution is -2.48. The third-order valence-corrected chi connectivity index (χ3v) is 5.47. The van der Waals surface area contributed by atoms with Crippen LogP contribution in [0.4, 0.5) is 11.4 Å². The van der Waals surface area contributed by atoms with Gasteiger partial charge in [-0.25, -0.2) is 0 Å². The van der Waals surface area contributed by atoms with Gasteiger partial charge in [-0.3, -0.25) is 14.3 Å². The van der Waals surface area contributed by atoms with Crippen molar-refractivity contribution in [3.05, 3.63) is 42.2 Å². The van der Waals surface area contributed by atoms with Gasteiger partial charge in [-0.1, -0.05) is 19.1 Å². The lowest BCUT2D eigenvalue weighted by Gasteiger charge is -2.34. The summed E-state index contributed by atoms with van der Waals surface area (Å²) in [5.41, 5.74) is 6.94. The summed E-state index contributed by atoms with van der Waals surface area (Å²) in [4.78, 5) is 29.5. The van der Waals surface area contributed by atoms with Crippen LogP contribution in [0.15, 0.2) is 36.7 Å². The van der Waals surface area contributed by atoms with E-state index in [0.717, 1.165) is 38.3 Å². The number of anilines is 2. The molecule has 8 nitrogen and oxygen atoms in total. The maximum atomic E-state index is 12.7. The van der Waals surface area contributed by atoms with E-state index in [2.05, 4.69) is 22.2 Å². The molecule has 29 heavy (non-hydrogen) atoms. The summed E-state index contributed by atoms with van der Waals surface area (Å²) >= 11 is 0. The molecule has 156 valence electrons. The van der Waals surface area contributed by atoms with Gasteiger partial charge in [-0.15, -0.1) is 0 Å². The highest BCUT2D eigenvalue weighted by Crippen LogP contribution is 2.19. The van der Waals surface area contributed by atoms with E-state index in [1.54, 1.807) is 24.7 Å². The fourth-order valence-corrected chi connectivity index (χ4v) is 3.34. The topological polar surface area (TPSA) is 96.5 Å². The molecule has 0 saturated carbocycles. The maximum Gasteiger partial charge on any atom is 0.251 e. The van der Waals surface area contributed by atoms with Gasteiger partial charge < -0.3 is 20.9 Å². The third-order valence-electron chi connectivity index (χ3n) is 5.47. The first-order valence-corrected chi connectivity index (χ1v) is 10.0. The second kappa shape index (κ2) is 8.65. The average Bonchev–Trinajstić information content (AvgIpc) is 3.16. The van der Waals surface area contributed by atoms with Crippen molar-refractivity contribution in [1.82, 2.24) is 19.6 Å². The van der Waals surface area contributed by atoms with Crippen molar-refractivity contribution in [3.8, 4) is 0 Å². The van der Waals surface area contributed by atoms with Crippen molar-refractivity contribution in [2.24, 2.45) is 0 Å². The largest absolute Gasteiger partial charge is 0.396 e. The number of carbonyl (C=O) groups is 2. The molecule has 1 aromatic heterocycles. The molecule has 1 fully saturated rings. The van der Waals surface area contributed by atoms with Crippen molar-refractivity contribution in [2.45, 2.75) is 32.7 Å². The second-order valence-corrected chi connectivity index (χ2v) is 7.92. The zero-order valence-electron chi connectivity index (χ0n) is 17.4. The van der Waals surface area contributed by atoms with Gasteiger partial charge in [0.15, 0.2) is 0 Å². The number of hydrogen-bond donors (Lipinski definition) is 2. The Morgan fingerprint density at radius 2 is 1.79 bits per heavy atom. The van der Waals surface area contributed by atoms with Gasteiger partial charge in [0.05, 0.1) is 18.3 Å².